The Morgan fingerprint density at radius 1 is 1.03 bits per heavy atom. The molecule has 1 fully saturated rings. The molecule has 1 aliphatic heterocycles. The first-order valence-electron chi connectivity index (χ1n) is 9.39. The lowest BCUT2D eigenvalue weighted by Crippen LogP contribution is -2.47. The van der Waals surface area contributed by atoms with Crippen LogP contribution in [0.1, 0.15) is 16.8 Å². The van der Waals surface area contributed by atoms with E-state index in [1.165, 1.54) is 23.9 Å². The minimum Gasteiger partial charge on any atom is -0.369 e. The number of piperazine rings is 1. The highest BCUT2D eigenvalue weighted by molar-refractivity contribution is 6.31. The van der Waals surface area contributed by atoms with E-state index in [1.54, 1.807) is 0 Å². The summed E-state index contributed by atoms with van der Waals surface area (Å²) < 4.78 is 0. The molecule has 0 radical (unpaired) electrons. The zero-order valence-electron chi connectivity index (χ0n) is 15.8. The van der Waals surface area contributed by atoms with E-state index in [4.69, 9.17) is 23.2 Å². The molecule has 0 aliphatic carbocycles. The topological polar surface area (TPSA) is 78.7 Å². The lowest BCUT2D eigenvalue weighted by atomic mass is 10.1. The van der Waals surface area contributed by atoms with Gasteiger partial charge in [0.05, 0.1) is 4.92 Å². The number of carbonyl (C=O) groups excluding carboxylic acids is 1. The van der Waals surface area contributed by atoms with E-state index in [-0.39, 0.29) is 11.3 Å². The van der Waals surface area contributed by atoms with E-state index in [9.17, 15) is 14.9 Å². The minimum atomic E-state index is -0.578. The molecule has 7 nitrogen and oxygen atoms in total. The Balaban J connectivity index is 1.41. The highest BCUT2D eigenvalue weighted by Crippen LogP contribution is 2.22. The average Bonchev–Trinajstić information content (AvgIpc) is 2.72. The zero-order valence-corrected chi connectivity index (χ0v) is 17.3. The predicted octanol–water partition coefficient (Wildman–Crippen LogP) is 3.84. The molecule has 0 saturated carbocycles. The van der Waals surface area contributed by atoms with Gasteiger partial charge in [-0.1, -0.05) is 23.2 Å². The number of nitro groups is 1. The summed E-state index contributed by atoms with van der Waals surface area (Å²) in [5.74, 6) is -0.480. The highest BCUT2D eigenvalue weighted by Gasteiger charge is 2.21. The van der Waals surface area contributed by atoms with Crippen LogP contribution in [0, 0.1) is 10.1 Å². The van der Waals surface area contributed by atoms with Crippen LogP contribution >= 0.6 is 23.2 Å². The van der Waals surface area contributed by atoms with Crippen molar-refractivity contribution in [3.05, 3.63) is 68.2 Å². The molecule has 2 aromatic carbocycles. The van der Waals surface area contributed by atoms with Gasteiger partial charge < -0.3 is 10.2 Å². The Kier molecular flexibility index (Phi) is 7.30. The summed E-state index contributed by atoms with van der Waals surface area (Å²) in [4.78, 5) is 27.5. The number of nitrogens with zero attached hydrogens (tertiary/aromatic N) is 3. The number of hydrogen-bond donors (Lipinski definition) is 1. The maximum Gasteiger partial charge on any atom is 0.282 e. The smallest absolute Gasteiger partial charge is 0.282 e. The van der Waals surface area contributed by atoms with Crippen molar-refractivity contribution in [3.63, 3.8) is 0 Å². The van der Waals surface area contributed by atoms with Gasteiger partial charge >= 0.3 is 0 Å². The summed E-state index contributed by atoms with van der Waals surface area (Å²) in [5.41, 5.74) is 0.911. The number of halogens is 2. The van der Waals surface area contributed by atoms with E-state index in [2.05, 4.69) is 15.1 Å². The van der Waals surface area contributed by atoms with Crippen LogP contribution in [0.15, 0.2) is 42.5 Å². The van der Waals surface area contributed by atoms with Crippen LogP contribution in [0.3, 0.4) is 0 Å². The molecule has 9 heteroatoms. The number of carbonyl (C=O) groups is 1. The Hall–Kier alpha value is -2.35. The average molecular weight is 437 g/mol. The van der Waals surface area contributed by atoms with Crippen LogP contribution in [-0.2, 0) is 0 Å². The third kappa shape index (κ3) is 5.82. The number of anilines is 1. The van der Waals surface area contributed by atoms with Gasteiger partial charge in [0.15, 0.2) is 0 Å². The van der Waals surface area contributed by atoms with Gasteiger partial charge in [-0.3, -0.25) is 19.8 Å². The quantitative estimate of drug-likeness (QED) is 0.405. The maximum atomic E-state index is 12.3. The number of benzene rings is 2. The lowest BCUT2D eigenvalue weighted by molar-refractivity contribution is -0.385. The van der Waals surface area contributed by atoms with Crippen molar-refractivity contribution in [1.29, 1.82) is 0 Å². The fourth-order valence-electron chi connectivity index (χ4n) is 3.33. The fraction of sp³-hybridized carbons (Fsp3) is 0.350. The normalized spacial score (nSPS) is 14.6. The Morgan fingerprint density at radius 2 is 1.69 bits per heavy atom. The minimum absolute atomic E-state index is 0.0147. The molecule has 0 atom stereocenters. The molecule has 1 aliphatic rings. The van der Waals surface area contributed by atoms with Gasteiger partial charge in [0.1, 0.15) is 5.56 Å². The first kappa shape index (κ1) is 21.4. The number of rotatable bonds is 7. The molecule has 0 bridgehead atoms. The molecule has 1 saturated heterocycles. The molecule has 0 spiro atoms. The van der Waals surface area contributed by atoms with Crippen molar-refractivity contribution in [2.75, 3.05) is 44.2 Å². The van der Waals surface area contributed by atoms with Crippen LogP contribution < -0.4 is 10.2 Å². The summed E-state index contributed by atoms with van der Waals surface area (Å²) >= 11 is 11.8. The summed E-state index contributed by atoms with van der Waals surface area (Å²) in [6.07, 6.45) is 0.765. The summed E-state index contributed by atoms with van der Waals surface area (Å²) in [7, 11) is 0. The van der Waals surface area contributed by atoms with E-state index < -0.39 is 10.8 Å². The van der Waals surface area contributed by atoms with Crippen LogP contribution in [-0.4, -0.2) is 55.0 Å². The van der Waals surface area contributed by atoms with Crippen LogP contribution in [0.25, 0.3) is 0 Å². The van der Waals surface area contributed by atoms with Crippen molar-refractivity contribution in [3.8, 4) is 0 Å². The molecule has 3 rings (SSSR count). The third-order valence-corrected chi connectivity index (χ3v) is 5.39. The van der Waals surface area contributed by atoms with Gasteiger partial charge in [-0.25, -0.2) is 0 Å². The van der Waals surface area contributed by atoms with Gasteiger partial charge in [0, 0.05) is 54.5 Å². The zero-order chi connectivity index (χ0) is 20.8. The van der Waals surface area contributed by atoms with Gasteiger partial charge in [-0.2, -0.15) is 0 Å². The largest absolute Gasteiger partial charge is 0.369 e. The second-order valence-electron chi connectivity index (χ2n) is 6.83. The molecule has 0 aromatic heterocycles. The molecule has 2 aromatic rings. The molecule has 154 valence electrons. The van der Waals surface area contributed by atoms with Crippen molar-refractivity contribution in [1.82, 2.24) is 10.2 Å². The van der Waals surface area contributed by atoms with Gasteiger partial charge in [0.2, 0.25) is 0 Å². The first-order valence-corrected chi connectivity index (χ1v) is 10.1. The number of hydrogen-bond acceptors (Lipinski definition) is 5. The molecule has 1 N–H and O–H groups in total. The molecular formula is C20H22Cl2N4O3. The molecule has 29 heavy (non-hydrogen) atoms. The van der Waals surface area contributed by atoms with Crippen LogP contribution in [0.5, 0.6) is 0 Å². The molecule has 1 heterocycles. The van der Waals surface area contributed by atoms with Crippen molar-refractivity contribution in [2.45, 2.75) is 6.42 Å². The molecule has 1 amide bonds. The highest BCUT2D eigenvalue weighted by atomic mass is 35.5. The summed E-state index contributed by atoms with van der Waals surface area (Å²) in [5, 5.41) is 14.9. The van der Waals surface area contributed by atoms with E-state index >= 15 is 0 Å². The van der Waals surface area contributed by atoms with Crippen LogP contribution in [0.4, 0.5) is 11.4 Å². The second-order valence-corrected chi connectivity index (χ2v) is 7.71. The van der Waals surface area contributed by atoms with Gasteiger partial charge in [-0.05, 0) is 49.4 Å². The van der Waals surface area contributed by atoms with Crippen molar-refractivity contribution < 1.29 is 9.72 Å². The van der Waals surface area contributed by atoms with Crippen molar-refractivity contribution >= 4 is 40.5 Å². The number of nitro benzene ring substituents is 1. The fourth-order valence-corrected chi connectivity index (χ4v) is 3.63. The Morgan fingerprint density at radius 3 is 2.34 bits per heavy atom. The van der Waals surface area contributed by atoms with Gasteiger partial charge in [0.25, 0.3) is 11.6 Å². The molecule has 0 unspecified atom stereocenters. The predicted molar refractivity (Wildman–Crippen MR) is 115 cm³/mol. The first-order chi connectivity index (χ1) is 13.9. The maximum absolute atomic E-state index is 12.3. The summed E-state index contributed by atoms with van der Waals surface area (Å²) in [6, 6.07) is 11.8. The van der Waals surface area contributed by atoms with E-state index in [0.717, 1.165) is 44.2 Å². The Labute approximate surface area is 179 Å². The Bertz CT molecular complexity index is 869. The third-order valence-electron chi connectivity index (χ3n) is 4.90. The van der Waals surface area contributed by atoms with E-state index in [1.807, 2.05) is 24.3 Å². The number of amides is 1. The van der Waals surface area contributed by atoms with E-state index in [0.29, 0.717) is 11.6 Å². The van der Waals surface area contributed by atoms with Crippen LogP contribution in [0.2, 0.25) is 10.0 Å². The SMILES string of the molecule is O=C(NCCCN1CCN(c2ccc(Cl)cc2)CC1)c1cc(Cl)ccc1[N+](=O)[O-]. The lowest BCUT2D eigenvalue weighted by Gasteiger charge is -2.36. The standard InChI is InChI=1S/C20H22Cl2N4O3/c21-15-2-5-17(6-3-15)25-12-10-24(11-13-25)9-1-8-23-20(27)18-14-16(22)4-7-19(18)26(28)29/h2-7,14H,1,8-13H2,(H,23,27). The number of nitrogens with one attached hydrogen (secondary N) is 1. The van der Waals surface area contributed by atoms with Crippen molar-refractivity contribution in [2.24, 2.45) is 0 Å². The molecular weight excluding hydrogens is 415 g/mol. The second kappa shape index (κ2) is 9.91. The van der Waals surface area contributed by atoms with Gasteiger partial charge in [-0.15, -0.1) is 0 Å². The summed E-state index contributed by atoms with van der Waals surface area (Å²) in [6.45, 7) is 5.05. The monoisotopic (exact) mass is 436 g/mol.